The fourth-order valence-electron chi connectivity index (χ4n) is 2.28. The van der Waals surface area contributed by atoms with Crippen molar-refractivity contribution in [3.05, 3.63) is 42.0 Å². The van der Waals surface area contributed by atoms with E-state index in [-0.39, 0.29) is 18.2 Å². The number of aliphatic carboxylic acids is 1. The lowest BCUT2D eigenvalue weighted by atomic mass is 9.93. The molecular weight excluding hydrogens is 254 g/mol. The van der Waals surface area contributed by atoms with Crippen LogP contribution in [0.2, 0.25) is 0 Å². The summed E-state index contributed by atoms with van der Waals surface area (Å²) in [5.74, 6) is -0.674. The number of rotatable bonds is 5. The van der Waals surface area contributed by atoms with Gasteiger partial charge >= 0.3 is 5.97 Å². The lowest BCUT2D eigenvalue weighted by molar-refractivity contribution is -0.137. The zero-order valence-corrected chi connectivity index (χ0v) is 11.3. The quantitative estimate of drug-likeness (QED) is 0.810. The molecule has 106 valence electrons. The molecule has 0 aromatic heterocycles. The average Bonchev–Trinajstić information content (AvgIpc) is 2.47. The molecule has 0 fully saturated rings. The summed E-state index contributed by atoms with van der Waals surface area (Å²) in [5.41, 5.74) is 1.73. The summed E-state index contributed by atoms with van der Waals surface area (Å²) in [7, 11) is 0. The van der Waals surface area contributed by atoms with Crippen LogP contribution in [-0.4, -0.2) is 17.0 Å². The number of hydrogen-bond acceptors (Lipinski definition) is 2. The van der Waals surface area contributed by atoms with E-state index in [0.29, 0.717) is 6.42 Å². The molecule has 0 heterocycles. The van der Waals surface area contributed by atoms with Gasteiger partial charge in [-0.15, -0.1) is 0 Å². The number of carboxylic acid groups (broad SMARTS) is 1. The van der Waals surface area contributed by atoms with E-state index in [2.05, 4.69) is 17.5 Å². The molecule has 0 saturated carbocycles. The minimum absolute atomic E-state index is 0.0617. The molecule has 0 bridgehead atoms. The lowest BCUT2D eigenvalue weighted by Crippen LogP contribution is -2.23. The summed E-state index contributed by atoms with van der Waals surface area (Å²) in [6, 6.07) is 7.38. The number of allylic oxidation sites excluding steroid dienone is 2. The smallest absolute Gasteiger partial charge is 0.303 e. The number of benzene rings is 1. The Bertz CT molecular complexity index is 505. The molecule has 0 aliphatic heterocycles. The van der Waals surface area contributed by atoms with Crippen molar-refractivity contribution in [1.29, 1.82) is 0 Å². The van der Waals surface area contributed by atoms with Crippen molar-refractivity contribution in [1.82, 2.24) is 0 Å². The minimum Gasteiger partial charge on any atom is -0.481 e. The van der Waals surface area contributed by atoms with Gasteiger partial charge in [-0.25, -0.2) is 0 Å². The molecule has 2 N–H and O–H groups in total. The third kappa shape index (κ3) is 4.23. The Hall–Kier alpha value is -2.10. The van der Waals surface area contributed by atoms with Crippen LogP contribution >= 0.6 is 0 Å². The molecule has 2 rings (SSSR count). The molecule has 1 aliphatic rings. The lowest BCUT2D eigenvalue weighted by Gasteiger charge is -2.17. The SMILES string of the molecule is O=C(O)CCc1ccc(NC(=O)[C@@H]2CC=CCC2)cc1. The number of hydrogen-bond donors (Lipinski definition) is 2. The molecule has 0 spiro atoms. The van der Waals surface area contributed by atoms with E-state index in [4.69, 9.17) is 5.11 Å². The van der Waals surface area contributed by atoms with E-state index in [1.165, 1.54) is 0 Å². The van der Waals surface area contributed by atoms with Crippen molar-refractivity contribution in [3.8, 4) is 0 Å². The van der Waals surface area contributed by atoms with Crippen LogP contribution in [-0.2, 0) is 16.0 Å². The van der Waals surface area contributed by atoms with Crippen LogP contribution in [0.5, 0.6) is 0 Å². The van der Waals surface area contributed by atoms with Gasteiger partial charge in [-0.3, -0.25) is 9.59 Å². The highest BCUT2D eigenvalue weighted by Crippen LogP contribution is 2.20. The summed E-state index contributed by atoms with van der Waals surface area (Å²) in [5, 5.41) is 11.5. The summed E-state index contributed by atoms with van der Waals surface area (Å²) in [4.78, 5) is 22.5. The first-order valence-electron chi connectivity index (χ1n) is 6.92. The molecule has 20 heavy (non-hydrogen) atoms. The van der Waals surface area contributed by atoms with Crippen molar-refractivity contribution < 1.29 is 14.7 Å². The molecular formula is C16H19NO3. The molecule has 4 nitrogen and oxygen atoms in total. The second kappa shape index (κ2) is 6.89. The van der Waals surface area contributed by atoms with Crippen LogP contribution in [0.1, 0.15) is 31.2 Å². The van der Waals surface area contributed by atoms with Gasteiger partial charge in [0.15, 0.2) is 0 Å². The van der Waals surface area contributed by atoms with Gasteiger partial charge < -0.3 is 10.4 Å². The molecule has 1 amide bonds. The third-order valence-electron chi connectivity index (χ3n) is 3.49. The van der Waals surface area contributed by atoms with Crippen molar-refractivity contribution in [2.45, 2.75) is 32.1 Å². The predicted molar refractivity (Wildman–Crippen MR) is 77.5 cm³/mol. The molecule has 4 heteroatoms. The minimum atomic E-state index is -0.798. The van der Waals surface area contributed by atoms with E-state index < -0.39 is 5.97 Å². The fraction of sp³-hybridized carbons (Fsp3) is 0.375. The Morgan fingerprint density at radius 1 is 1.20 bits per heavy atom. The normalized spacial score (nSPS) is 17.7. The summed E-state index contributed by atoms with van der Waals surface area (Å²) >= 11 is 0. The fourth-order valence-corrected chi connectivity index (χ4v) is 2.28. The van der Waals surface area contributed by atoms with Crippen LogP contribution < -0.4 is 5.32 Å². The highest BCUT2D eigenvalue weighted by atomic mass is 16.4. The highest BCUT2D eigenvalue weighted by molar-refractivity contribution is 5.92. The number of carboxylic acids is 1. The van der Waals surface area contributed by atoms with Crippen LogP contribution in [0.15, 0.2) is 36.4 Å². The van der Waals surface area contributed by atoms with E-state index in [1.54, 1.807) is 0 Å². The van der Waals surface area contributed by atoms with E-state index in [1.807, 2.05) is 24.3 Å². The van der Waals surface area contributed by atoms with Gasteiger partial charge in [0.05, 0.1) is 0 Å². The zero-order valence-electron chi connectivity index (χ0n) is 11.3. The van der Waals surface area contributed by atoms with Gasteiger partial charge in [-0.2, -0.15) is 0 Å². The second-order valence-electron chi connectivity index (χ2n) is 5.06. The van der Waals surface area contributed by atoms with E-state index in [9.17, 15) is 9.59 Å². The Morgan fingerprint density at radius 3 is 2.55 bits per heavy atom. The summed E-state index contributed by atoms with van der Waals surface area (Å²) in [6.45, 7) is 0. The first kappa shape index (κ1) is 14.3. The number of anilines is 1. The molecule has 1 aromatic rings. The number of carbonyl (C=O) groups excluding carboxylic acids is 1. The first-order chi connectivity index (χ1) is 9.65. The highest BCUT2D eigenvalue weighted by Gasteiger charge is 2.18. The van der Waals surface area contributed by atoms with Gasteiger partial charge in [-0.1, -0.05) is 24.3 Å². The van der Waals surface area contributed by atoms with Crippen LogP contribution in [0.3, 0.4) is 0 Å². The molecule has 0 radical (unpaired) electrons. The molecule has 0 unspecified atom stereocenters. The average molecular weight is 273 g/mol. The van der Waals surface area contributed by atoms with Gasteiger partial charge in [0, 0.05) is 18.0 Å². The first-order valence-corrected chi connectivity index (χ1v) is 6.92. The Labute approximate surface area is 118 Å². The Morgan fingerprint density at radius 2 is 1.95 bits per heavy atom. The second-order valence-corrected chi connectivity index (χ2v) is 5.06. The maximum absolute atomic E-state index is 12.0. The number of aryl methyl sites for hydroxylation is 1. The van der Waals surface area contributed by atoms with E-state index >= 15 is 0 Å². The number of carbonyl (C=O) groups is 2. The van der Waals surface area contributed by atoms with Gasteiger partial charge in [0.2, 0.25) is 5.91 Å². The zero-order chi connectivity index (χ0) is 14.4. The molecule has 1 aliphatic carbocycles. The monoisotopic (exact) mass is 273 g/mol. The van der Waals surface area contributed by atoms with Crippen LogP contribution in [0.25, 0.3) is 0 Å². The van der Waals surface area contributed by atoms with Gasteiger partial charge in [0.25, 0.3) is 0 Å². The third-order valence-corrected chi connectivity index (χ3v) is 3.49. The van der Waals surface area contributed by atoms with Crippen molar-refractivity contribution in [2.24, 2.45) is 5.92 Å². The van der Waals surface area contributed by atoms with Crippen molar-refractivity contribution in [2.75, 3.05) is 5.32 Å². The Balaban J connectivity index is 1.88. The summed E-state index contributed by atoms with van der Waals surface area (Å²) in [6.07, 6.45) is 7.48. The van der Waals surface area contributed by atoms with E-state index in [0.717, 1.165) is 30.5 Å². The topological polar surface area (TPSA) is 66.4 Å². The number of amides is 1. The molecule has 1 atom stereocenters. The largest absolute Gasteiger partial charge is 0.481 e. The van der Waals surface area contributed by atoms with Crippen molar-refractivity contribution in [3.63, 3.8) is 0 Å². The van der Waals surface area contributed by atoms with Crippen molar-refractivity contribution >= 4 is 17.6 Å². The predicted octanol–water partition coefficient (Wildman–Crippen LogP) is 3.00. The standard InChI is InChI=1S/C16H19NO3/c18-15(19)11-8-12-6-9-14(10-7-12)17-16(20)13-4-2-1-3-5-13/h1-2,6-7,9-10,13H,3-5,8,11H2,(H,17,20)(H,18,19)/t13-/m1/s1. The Kier molecular flexibility index (Phi) is 4.93. The van der Waals surface area contributed by atoms with Crippen LogP contribution in [0, 0.1) is 5.92 Å². The molecule has 1 aromatic carbocycles. The van der Waals surface area contributed by atoms with Gasteiger partial charge in [0.1, 0.15) is 0 Å². The summed E-state index contributed by atoms with van der Waals surface area (Å²) < 4.78 is 0. The number of nitrogens with one attached hydrogen (secondary N) is 1. The maximum Gasteiger partial charge on any atom is 0.303 e. The maximum atomic E-state index is 12.0. The molecule has 0 saturated heterocycles. The van der Waals surface area contributed by atoms with Gasteiger partial charge in [-0.05, 0) is 43.4 Å². The van der Waals surface area contributed by atoms with Crippen LogP contribution in [0.4, 0.5) is 5.69 Å².